The van der Waals surface area contributed by atoms with Gasteiger partial charge in [-0.1, -0.05) is 0 Å². The van der Waals surface area contributed by atoms with Crippen LogP contribution in [0.3, 0.4) is 0 Å². The molecule has 9 heteroatoms. The topological polar surface area (TPSA) is 89.4 Å². The van der Waals surface area contributed by atoms with Crippen LogP contribution in [0.15, 0.2) is 10.7 Å². The Morgan fingerprint density at radius 3 is 2.57 bits per heavy atom. The number of likely N-dealkylation sites (tertiary alicyclic amines) is 1. The number of carbonyl (C=O) groups excluding carboxylic acids is 2. The summed E-state index contributed by atoms with van der Waals surface area (Å²) in [6.07, 6.45) is -0.630. The summed E-state index contributed by atoms with van der Waals surface area (Å²) in [6, 6.07) is 0. The van der Waals surface area contributed by atoms with Crippen LogP contribution >= 0.6 is 0 Å². The molecule has 126 valence electrons. The number of rotatable bonds is 4. The molecule has 2 atom stereocenters. The van der Waals surface area contributed by atoms with Crippen molar-refractivity contribution in [3.05, 3.63) is 17.8 Å². The quantitative estimate of drug-likeness (QED) is 0.902. The molecule has 1 aliphatic heterocycles. The van der Waals surface area contributed by atoms with E-state index in [0.717, 1.165) is 24.0 Å². The van der Waals surface area contributed by atoms with Crippen LogP contribution in [0.2, 0.25) is 0 Å². The second kappa shape index (κ2) is 5.54. The van der Waals surface area contributed by atoms with E-state index in [1.165, 1.54) is 0 Å². The van der Waals surface area contributed by atoms with Gasteiger partial charge in [-0.3, -0.25) is 9.59 Å². The first-order valence-electron chi connectivity index (χ1n) is 7.35. The van der Waals surface area contributed by atoms with Crippen LogP contribution in [0.4, 0.5) is 13.2 Å². The number of carbonyl (C=O) groups is 2. The third-order valence-electron chi connectivity index (χ3n) is 4.32. The van der Waals surface area contributed by atoms with E-state index in [1.807, 2.05) is 0 Å². The van der Waals surface area contributed by atoms with E-state index >= 15 is 0 Å². The fourth-order valence-electron chi connectivity index (χ4n) is 2.82. The van der Waals surface area contributed by atoms with Crippen molar-refractivity contribution in [2.24, 2.45) is 23.5 Å². The minimum absolute atomic E-state index is 0.0355. The van der Waals surface area contributed by atoms with Gasteiger partial charge in [-0.15, -0.1) is 0 Å². The van der Waals surface area contributed by atoms with E-state index in [2.05, 4.69) is 4.98 Å². The predicted molar refractivity (Wildman–Crippen MR) is 71.1 cm³/mol. The Labute approximate surface area is 129 Å². The summed E-state index contributed by atoms with van der Waals surface area (Å²) < 4.78 is 44.1. The van der Waals surface area contributed by atoms with Crippen molar-refractivity contribution in [2.45, 2.75) is 25.4 Å². The maximum Gasteiger partial charge on any atom is 0.394 e. The number of aromatic nitrogens is 1. The van der Waals surface area contributed by atoms with E-state index in [-0.39, 0.29) is 12.2 Å². The molecule has 0 spiro atoms. The summed E-state index contributed by atoms with van der Waals surface area (Å²) in [6.45, 7) is -0.954. The highest BCUT2D eigenvalue weighted by Crippen LogP contribution is 2.38. The molecule has 0 unspecified atom stereocenters. The summed E-state index contributed by atoms with van der Waals surface area (Å²) in [5, 5.41) is 0. The summed E-state index contributed by atoms with van der Waals surface area (Å²) in [5.41, 5.74) is 5.01. The van der Waals surface area contributed by atoms with E-state index < -0.39 is 36.4 Å². The number of oxazole rings is 1. The number of nitrogens with two attached hydrogens (primary N) is 1. The lowest BCUT2D eigenvalue weighted by Crippen LogP contribution is -2.37. The highest BCUT2D eigenvalue weighted by Gasteiger charge is 2.53. The lowest BCUT2D eigenvalue weighted by Gasteiger charge is -2.18. The molecule has 0 bridgehead atoms. The van der Waals surface area contributed by atoms with E-state index in [4.69, 9.17) is 10.2 Å². The second-order valence-electron chi connectivity index (χ2n) is 6.14. The first-order chi connectivity index (χ1) is 10.8. The van der Waals surface area contributed by atoms with Crippen molar-refractivity contribution >= 4 is 11.8 Å². The van der Waals surface area contributed by atoms with Crippen LogP contribution < -0.4 is 5.73 Å². The first kappa shape index (κ1) is 15.8. The molecule has 2 aliphatic rings. The molecule has 1 aromatic rings. The smallest absolute Gasteiger partial charge is 0.394 e. The summed E-state index contributed by atoms with van der Waals surface area (Å²) in [4.78, 5) is 28.5. The number of hydrogen-bond donors (Lipinski definition) is 1. The largest absolute Gasteiger partial charge is 0.448 e. The summed E-state index contributed by atoms with van der Waals surface area (Å²) in [5.74, 6) is -4.18. The maximum atomic E-state index is 13.0. The average molecular weight is 331 g/mol. The Kier molecular flexibility index (Phi) is 3.81. The number of amides is 2. The standard InChI is InChI=1S/C14H16F3N3O3/c15-14(16,17)9-5-20(4-8(9)12(18)21)13(22)10-6-23-11(19-10)3-7-1-2-7/h6-9H,1-5H2,(H2,18,21)/t8-,9-/m1/s1. The molecule has 0 radical (unpaired) electrons. The normalized spacial score (nSPS) is 24.9. The third kappa shape index (κ3) is 3.32. The molecule has 1 saturated heterocycles. The zero-order chi connectivity index (χ0) is 16.8. The van der Waals surface area contributed by atoms with Gasteiger partial charge in [0.1, 0.15) is 6.26 Å². The fourth-order valence-corrected chi connectivity index (χ4v) is 2.82. The van der Waals surface area contributed by atoms with Gasteiger partial charge >= 0.3 is 6.18 Å². The minimum atomic E-state index is -4.59. The molecule has 2 fully saturated rings. The Bertz CT molecular complexity index is 624. The van der Waals surface area contributed by atoms with Crippen molar-refractivity contribution in [3.8, 4) is 0 Å². The number of halogens is 3. The predicted octanol–water partition coefficient (Wildman–Crippen LogP) is 1.36. The van der Waals surface area contributed by atoms with Crippen molar-refractivity contribution in [1.29, 1.82) is 0 Å². The highest BCUT2D eigenvalue weighted by atomic mass is 19.4. The van der Waals surface area contributed by atoms with E-state index in [1.54, 1.807) is 0 Å². The van der Waals surface area contributed by atoms with Crippen LogP contribution in [0.25, 0.3) is 0 Å². The molecule has 1 aromatic heterocycles. The van der Waals surface area contributed by atoms with Crippen molar-refractivity contribution in [3.63, 3.8) is 0 Å². The molecule has 1 saturated carbocycles. The van der Waals surface area contributed by atoms with Gasteiger partial charge in [0.15, 0.2) is 11.6 Å². The molecule has 23 heavy (non-hydrogen) atoms. The Morgan fingerprint density at radius 2 is 2.04 bits per heavy atom. The van der Waals surface area contributed by atoms with Gasteiger partial charge in [-0.05, 0) is 18.8 Å². The van der Waals surface area contributed by atoms with Crippen LogP contribution in [0, 0.1) is 17.8 Å². The Balaban J connectivity index is 1.72. The summed E-state index contributed by atoms with van der Waals surface area (Å²) >= 11 is 0. The van der Waals surface area contributed by atoms with Crippen LogP contribution in [-0.2, 0) is 11.2 Å². The number of alkyl halides is 3. The zero-order valence-corrected chi connectivity index (χ0v) is 12.2. The Hall–Kier alpha value is -2.06. The maximum absolute atomic E-state index is 13.0. The van der Waals surface area contributed by atoms with Gasteiger partial charge < -0.3 is 15.1 Å². The first-order valence-corrected chi connectivity index (χ1v) is 7.35. The fraction of sp³-hybridized carbons (Fsp3) is 0.643. The minimum Gasteiger partial charge on any atom is -0.448 e. The van der Waals surface area contributed by atoms with Gasteiger partial charge in [0.2, 0.25) is 5.91 Å². The molecule has 2 N–H and O–H groups in total. The number of primary amides is 1. The molecular weight excluding hydrogens is 315 g/mol. The molecule has 6 nitrogen and oxygen atoms in total. The highest BCUT2D eigenvalue weighted by molar-refractivity contribution is 5.93. The van der Waals surface area contributed by atoms with Crippen molar-refractivity contribution < 1.29 is 27.2 Å². The molecular formula is C14H16F3N3O3. The average Bonchev–Trinajstić information content (AvgIpc) is 2.99. The van der Waals surface area contributed by atoms with Gasteiger partial charge in [-0.25, -0.2) is 4.98 Å². The van der Waals surface area contributed by atoms with Gasteiger partial charge in [0.25, 0.3) is 5.91 Å². The van der Waals surface area contributed by atoms with Gasteiger partial charge in [0, 0.05) is 19.5 Å². The lowest BCUT2D eigenvalue weighted by molar-refractivity contribution is -0.182. The SMILES string of the molecule is NC(=O)[C@@H]1CN(C(=O)c2coc(CC3CC3)n2)C[C@H]1C(F)(F)F. The number of nitrogens with zero attached hydrogens (tertiary/aromatic N) is 2. The number of hydrogen-bond acceptors (Lipinski definition) is 4. The molecule has 1 aliphatic carbocycles. The monoisotopic (exact) mass is 331 g/mol. The van der Waals surface area contributed by atoms with E-state index in [9.17, 15) is 22.8 Å². The van der Waals surface area contributed by atoms with Crippen molar-refractivity contribution in [1.82, 2.24) is 9.88 Å². The molecule has 2 heterocycles. The van der Waals surface area contributed by atoms with Gasteiger partial charge in [-0.2, -0.15) is 13.2 Å². The molecule has 0 aromatic carbocycles. The van der Waals surface area contributed by atoms with Crippen LogP contribution in [0.1, 0.15) is 29.2 Å². The van der Waals surface area contributed by atoms with Gasteiger partial charge in [0.05, 0.1) is 11.8 Å². The van der Waals surface area contributed by atoms with Crippen LogP contribution in [0.5, 0.6) is 0 Å². The zero-order valence-electron chi connectivity index (χ0n) is 12.2. The Morgan fingerprint density at radius 1 is 1.35 bits per heavy atom. The second-order valence-corrected chi connectivity index (χ2v) is 6.14. The van der Waals surface area contributed by atoms with E-state index in [0.29, 0.717) is 18.2 Å². The van der Waals surface area contributed by atoms with Crippen molar-refractivity contribution in [2.75, 3.05) is 13.1 Å². The summed E-state index contributed by atoms with van der Waals surface area (Å²) in [7, 11) is 0. The van der Waals surface area contributed by atoms with Crippen LogP contribution in [-0.4, -0.2) is 41.0 Å². The third-order valence-corrected chi connectivity index (χ3v) is 4.32. The molecule has 2 amide bonds. The lowest BCUT2D eigenvalue weighted by atomic mass is 9.95. The molecule has 3 rings (SSSR count).